The van der Waals surface area contributed by atoms with Gasteiger partial charge in [-0.3, -0.25) is 0 Å². The van der Waals surface area contributed by atoms with E-state index in [0.29, 0.717) is 0 Å². The highest BCUT2D eigenvalue weighted by Crippen LogP contribution is 2.21. The van der Waals surface area contributed by atoms with E-state index in [1.807, 2.05) is 0 Å². The number of rotatable bonds is 34. The van der Waals surface area contributed by atoms with Gasteiger partial charge in [0.05, 0.1) is 0 Å². The number of unbranched alkanes of at least 4 members (excludes halogenated alkanes) is 8. The van der Waals surface area contributed by atoms with Crippen LogP contribution in [0.2, 0.25) is 0 Å². The first kappa shape index (κ1) is 52.1. The second kappa shape index (κ2) is 30.6. The number of benzene rings is 4. The number of hydrogen-bond acceptors (Lipinski definition) is 5. The van der Waals surface area contributed by atoms with Crippen molar-refractivity contribution >= 4 is 61.6 Å². The second-order valence-corrected chi connectivity index (χ2v) is 22.2. The maximum atomic E-state index is 8.11. The maximum absolute atomic E-state index is 8.11. The predicted molar refractivity (Wildman–Crippen MR) is 285 cm³/mol. The third-order valence-corrected chi connectivity index (χ3v) is 17.3. The number of hydrogen-bond donors (Lipinski definition) is 0. The van der Waals surface area contributed by atoms with Gasteiger partial charge in [0.1, 0.15) is 0 Å². The van der Waals surface area contributed by atoms with E-state index in [9.17, 15) is 0 Å². The molecule has 63 heavy (non-hydrogen) atoms. The minimum atomic E-state index is -1.74. The van der Waals surface area contributed by atoms with Crippen molar-refractivity contribution in [3.05, 3.63) is 97.1 Å². The van der Waals surface area contributed by atoms with Crippen molar-refractivity contribution in [2.24, 2.45) is 0 Å². The third-order valence-electron chi connectivity index (χ3n) is 12.4. The van der Waals surface area contributed by atoms with Crippen LogP contribution in [0.1, 0.15) is 158 Å². The van der Waals surface area contributed by atoms with Crippen molar-refractivity contribution in [2.75, 3.05) is 72.0 Å². The summed E-state index contributed by atoms with van der Waals surface area (Å²) in [5.41, 5.74) is 5.36. The first-order chi connectivity index (χ1) is 30.9. The van der Waals surface area contributed by atoms with Gasteiger partial charge in [0.15, 0.2) is 0 Å². The fourth-order valence-corrected chi connectivity index (χ4v) is 13.8. The van der Waals surface area contributed by atoms with Gasteiger partial charge in [0.2, 0.25) is 0 Å². The molecule has 346 valence electrons. The van der Waals surface area contributed by atoms with Gasteiger partial charge in [-0.1, -0.05) is 155 Å². The molecule has 0 aliphatic carbocycles. The van der Waals surface area contributed by atoms with Crippen molar-refractivity contribution in [3.63, 3.8) is 0 Å². The lowest BCUT2D eigenvalue weighted by Gasteiger charge is -2.30. The smallest absolute Gasteiger partial charge is 0.272 e. The van der Waals surface area contributed by atoms with Crippen LogP contribution < -0.4 is 40.3 Å². The van der Waals surface area contributed by atoms with Crippen molar-refractivity contribution in [3.8, 4) is 0 Å². The molecular formula is C56H88N4OSi2. The van der Waals surface area contributed by atoms with E-state index in [1.165, 1.54) is 146 Å². The highest BCUT2D eigenvalue weighted by Gasteiger charge is 2.30. The summed E-state index contributed by atoms with van der Waals surface area (Å²) in [7, 11) is -3.48. The SMILES string of the molecule is CCCCN(CCCC)c1cccc([Si](O[Si](c2cccc(N(CCCC)CCCC)c2)c2cccc(N(CCCC)CCCC)c2)c2cccc(N(CCCC)CCCC)c2)c1. The minimum Gasteiger partial charge on any atom is -0.442 e. The summed E-state index contributed by atoms with van der Waals surface area (Å²) in [6.07, 6.45) is 19.2. The van der Waals surface area contributed by atoms with Crippen molar-refractivity contribution in [2.45, 2.75) is 158 Å². The zero-order valence-electron chi connectivity index (χ0n) is 41.4. The Balaban J connectivity index is 1.96. The standard InChI is InChI=1S/C56H88N4OSi2/c1-9-17-37-57(38-18-10-2)49-29-25-33-53(45-49)62(54-34-26-30-50(46-54)58(39-19-11-3)40-20-12-4)61-63(55-35-27-31-51(47-55)59(41-21-13-5)42-22-14-6)56-36-28-32-52(48-56)60(43-23-15-7)44-24-16-8/h25-36,45-48H,9-24,37-44H2,1-8H3. The first-order valence-corrected chi connectivity index (χ1v) is 28.6. The van der Waals surface area contributed by atoms with Crippen LogP contribution in [0.5, 0.6) is 0 Å². The van der Waals surface area contributed by atoms with E-state index in [0.717, 1.165) is 52.4 Å². The Morgan fingerprint density at radius 2 is 0.492 bits per heavy atom. The quantitative estimate of drug-likeness (QED) is 0.0435. The van der Waals surface area contributed by atoms with Gasteiger partial charge in [-0.25, -0.2) is 0 Å². The highest BCUT2D eigenvalue weighted by atomic mass is 28.4. The zero-order chi connectivity index (χ0) is 45.1. The predicted octanol–water partition coefficient (Wildman–Crippen LogP) is 12.2. The second-order valence-electron chi connectivity index (χ2n) is 17.7. The zero-order valence-corrected chi connectivity index (χ0v) is 43.4. The molecular weight excluding hydrogens is 801 g/mol. The molecule has 0 aliphatic heterocycles. The Bertz CT molecular complexity index is 1510. The van der Waals surface area contributed by atoms with Gasteiger partial charge in [-0.15, -0.1) is 0 Å². The summed E-state index contributed by atoms with van der Waals surface area (Å²) in [6, 6.07) is 38.2. The Morgan fingerprint density at radius 3 is 0.667 bits per heavy atom. The van der Waals surface area contributed by atoms with E-state index in [-0.39, 0.29) is 0 Å². The largest absolute Gasteiger partial charge is 0.442 e. The molecule has 0 amide bonds. The van der Waals surface area contributed by atoms with Crippen LogP contribution >= 0.6 is 0 Å². The molecule has 5 nitrogen and oxygen atoms in total. The molecule has 4 aromatic carbocycles. The fourth-order valence-electron chi connectivity index (χ4n) is 8.32. The average Bonchev–Trinajstić information content (AvgIpc) is 3.32. The van der Waals surface area contributed by atoms with Crippen molar-refractivity contribution in [1.82, 2.24) is 0 Å². The fraction of sp³-hybridized carbons (Fsp3) is 0.571. The summed E-state index contributed by atoms with van der Waals surface area (Å²) in [5.74, 6) is 0. The maximum Gasteiger partial charge on any atom is 0.272 e. The van der Waals surface area contributed by atoms with Crippen molar-refractivity contribution in [1.29, 1.82) is 0 Å². The lowest BCUT2D eigenvalue weighted by molar-refractivity contribution is 0.632. The number of nitrogens with zero attached hydrogens (tertiary/aromatic N) is 4. The topological polar surface area (TPSA) is 22.2 Å². The molecule has 0 aliphatic rings. The van der Waals surface area contributed by atoms with Crippen molar-refractivity contribution < 1.29 is 4.12 Å². The normalized spacial score (nSPS) is 11.5. The Kier molecular flexibility index (Phi) is 25.3. The Hall–Kier alpha value is -3.53. The molecule has 0 aromatic heterocycles. The van der Waals surface area contributed by atoms with Crippen LogP contribution in [0.3, 0.4) is 0 Å². The van der Waals surface area contributed by atoms with Gasteiger partial charge >= 0.3 is 0 Å². The average molecular weight is 890 g/mol. The summed E-state index contributed by atoms with van der Waals surface area (Å²) < 4.78 is 8.11. The molecule has 4 aromatic rings. The molecule has 4 rings (SSSR count). The first-order valence-electron chi connectivity index (χ1n) is 25.8. The van der Waals surface area contributed by atoms with Gasteiger partial charge in [-0.2, -0.15) is 0 Å². The third kappa shape index (κ3) is 17.1. The molecule has 0 bridgehead atoms. The summed E-state index contributed by atoms with van der Waals surface area (Å²) in [4.78, 5) is 10.6. The molecule has 0 unspecified atom stereocenters. The van der Waals surface area contributed by atoms with Crippen LogP contribution in [0.25, 0.3) is 0 Å². The lowest BCUT2D eigenvalue weighted by Crippen LogP contribution is -2.56. The summed E-state index contributed by atoms with van der Waals surface area (Å²) in [6.45, 7) is 27.3. The molecule has 0 N–H and O–H groups in total. The molecule has 0 saturated carbocycles. The Labute approximate surface area is 391 Å². The highest BCUT2D eigenvalue weighted by molar-refractivity contribution is 6.92. The monoisotopic (exact) mass is 889 g/mol. The van der Waals surface area contributed by atoms with E-state index in [4.69, 9.17) is 4.12 Å². The number of anilines is 4. The van der Waals surface area contributed by atoms with Crippen LogP contribution in [-0.4, -0.2) is 70.4 Å². The van der Waals surface area contributed by atoms with Gasteiger partial charge in [0.25, 0.3) is 18.1 Å². The van der Waals surface area contributed by atoms with Gasteiger partial charge in [-0.05, 0) is 121 Å². The summed E-state index contributed by atoms with van der Waals surface area (Å²) >= 11 is 0. The van der Waals surface area contributed by atoms with E-state index < -0.39 is 18.1 Å². The van der Waals surface area contributed by atoms with Gasteiger partial charge < -0.3 is 23.7 Å². The van der Waals surface area contributed by atoms with E-state index in [2.05, 4.69) is 172 Å². The molecule has 2 radical (unpaired) electrons. The van der Waals surface area contributed by atoms with E-state index in [1.54, 1.807) is 0 Å². The van der Waals surface area contributed by atoms with Crippen LogP contribution in [-0.2, 0) is 4.12 Å². The molecule has 0 heterocycles. The lowest BCUT2D eigenvalue weighted by atomic mass is 10.2. The molecule has 0 fully saturated rings. The van der Waals surface area contributed by atoms with Gasteiger partial charge in [0, 0.05) is 75.1 Å². The Morgan fingerprint density at radius 1 is 0.302 bits per heavy atom. The minimum absolute atomic E-state index is 1.09. The van der Waals surface area contributed by atoms with Crippen LogP contribution in [0, 0.1) is 0 Å². The molecule has 0 saturated heterocycles. The van der Waals surface area contributed by atoms with Crippen LogP contribution in [0.15, 0.2) is 97.1 Å². The molecule has 7 heteroatoms. The molecule has 0 atom stereocenters. The van der Waals surface area contributed by atoms with Crippen LogP contribution in [0.4, 0.5) is 22.7 Å². The molecule has 0 spiro atoms. The van der Waals surface area contributed by atoms with E-state index >= 15 is 0 Å². The summed E-state index contributed by atoms with van der Waals surface area (Å²) in [5, 5.41) is 5.37.